The molecule has 0 spiro atoms. The second-order valence-electron chi connectivity index (χ2n) is 4.35. The minimum absolute atomic E-state index is 0.338. The summed E-state index contributed by atoms with van der Waals surface area (Å²) in [5.41, 5.74) is 5.63. The van der Waals surface area contributed by atoms with Gasteiger partial charge in [-0.1, -0.05) is 11.6 Å². The standard InChI is InChI=1S/C11H19ClN4O/c1-8-9(12)7-15-16(8)6-4-5-11(2,14-3)10(13)17/h7,14H,4-6H2,1-3H3,(H2,13,17). The summed E-state index contributed by atoms with van der Waals surface area (Å²) in [6.07, 6.45) is 3.09. The van der Waals surface area contributed by atoms with E-state index in [2.05, 4.69) is 10.4 Å². The highest BCUT2D eigenvalue weighted by molar-refractivity contribution is 6.31. The SMILES string of the molecule is CNC(C)(CCCn1ncc(Cl)c1C)C(N)=O. The maximum Gasteiger partial charge on any atom is 0.237 e. The Morgan fingerprint density at radius 2 is 2.35 bits per heavy atom. The summed E-state index contributed by atoms with van der Waals surface area (Å²) < 4.78 is 1.83. The predicted octanol–water partition coefficient (Wildman–Crippen LogP) is 1.09. The highest BCUT2D eigenvalue weighted by Crippen LogP contribution is 2.16. The lowest BCUT2D eigenvalue weighted by Crippen LogP contribution is -2.51. The molecule has 1 amide bonds. The molecule has 0 saturated carbocycles. The lowest BCUT2D eigenvalue weighted by atomic mass is 9.95. The zero-order chi connectivity index (χ0) is 13.1. The highest BCUT2D eigenvalue weighted by atomic mass is 35.5. The van der Waals surface area contributed by atoms with E-state index in [1.54, 1.807) is 20.2 Å². The van der Waals surface area contributed by atoms with Gasteiger partial charge >= 0.3 is 0 Å². The Morgan fingerprint density at radius 1 is 1.71 bits per heavy atom. The summed E-state index contributed by atoms with van der Waals surface area (Å²) in [5, 5.41) is 7.77. The van der Waals surface area contributed by atoms with E-state index in [1.807, 2.05) is 11.6 Å². The van der Waals surface area contributed by atoms with Crippen molar-refractivity contribution < 1.29 is 4.79 Å². The number of nitrogens with one attached hydrogen (secondary N) is 1. The van der Waals surface area contributed by atoms with E-state index in [0.717, 1.165) is 18.7 Å². The highest BCUT2D eigenvalue weighted by Gasteiger charge is 2.28. The molecule has 1 rings (SSSR count). The van der Waals surface area contributed by atoms with Crippen LogP contribution in [0.3, 0.4) is 0 Å². The first-order valence-corrected chi connectivity index (χ1v) is 5.95. The van der Waals surface area contributed by atoms with Crippen molar-refractivity contribution in [1.82, 2.24) is 15.1 Å². The van der Waals surface area contributed by atoms with Crippen LogP contribution in [0.5, 0.6) is 0 Å². The molecule has 0 fully saturated rings. The summed E-state index contributed by atoms with van der Waals surface area (Å²) in [6.45, 7) is 4.45. The van der Waals surface area contributed by atoms with Gasteiger partial charge in [0.25, 0.3) is 0 Å². The number of nitrogens with two attached hydrogens (primary N) is 1. The summed E-state index contributed by atoms with van der Waals surface area (Å²) >= 11 is 5.91. The maximum absolute atomic E-state index is 11.3. The Hall–Kier alpha value is -1.07. The van der Waals surface area contributed by atoms with Crippen LogP contribution in [0.4, 0.5) is 0 Å². The number of primary amides is 1. The number of carbonyl (C=O) groups is 1. The van der Waals surface area contributed by atoms with Crippen LogP contribution < -0.4 is 11.1 Å². The van der Waals surface area contributed by atoms with E-state index in [1.165, 1.54) is 0 Å². The minimum atomic E-state index is -0.662. The van der Waals surface area contributed by atoms with Crippen molar-refractivity contribution in [3.63, 3.8) is 0 Å². The van der Waals surface area contributed by atoms with Gasteiger partial charge in [0.05, 0.1) is 22.5 Å². The van der Waals surface area contributed by atoms with Gasteiger partial charge in [-0.05, 0) is 33.7 Å². The number of nitrogens with zero attached hydrogens (tertiary/aromatic N) is 2. The first kappa shape index (κ1) is 14.0. The quantitative estimate of drug-likeness (QED) is 0.802. The number of aromatic nitrogens is 2. The summed E-state index contributed by atoms with van der Waals surface area (Å²) in [4.78, 5) is 11.3. The molecule has 1 atom stereocenters. The number of hydrogen-bond acceptors (Lipinski definition) is 3. The van der Waals surface area contributed by atoms with Crippen LogP contribution in [0.1, 0.15) is 25.5 Å². The summed E-state index contributed by atoms with van der Waals surface area (Å²) in [5.74, 6) is -0.338. The van der Waals surface area contributed by atoms with Crippen molar-refractivity contribution in [3.8, 4) is 0 Å². The minimum Gasteiger partial charge on any atom is -0.368 e. The molecular weight excluding hydrogens is 240 g/mol. The maximum atomic E-state index is 11.3. The van der Waals surface area contributed by atoms with Gasteiger partial charge in [0, 0.05) is 6.54 Å². The third-order valence-electron chi connectivity index (χ3n) is 3.19. The lowest BCUT2D eigenvalue weighted by Gasteiger charge is -2.25. The van der Waals surface area contributed by atoms with Crippen LogP contribution in [0.25, 0.3) is 0 Å². The van der Waals surface area contributed by atoms with E-state index >= 15 is 0 Å². The number of amides is 1. The molecule has 0 saturated heterocycles. The third-order valence-corrected chi connectivity index (χ3v) is 3.56. The lowest BCUT2D eigenvalue weighted by molar-refractivity contribution is -0.123. The van der Waals surface area contributed by atoms with Gasteiger partial charge in [0.15, 0.2) is 0 Å². The molecule has 0 radical (unpaired) electrons. The molecule has 5 nitrogen and oxygen atoms in total. The van der Waals surface area contributed by atoms with Gasteiger partial charge < -0.3 is 11.1 Å². The average Bonchev–Trinajstić information content (AvgIpc) is 2.60. The molecule has 0 bridgehead atoms. The molecule has 0 aliphatic carbocycles. The van der Waals surface area contributed by atoms with Gasteiger partial charge in [0.1, 0.15) is 0 Å². The second kappa shape index (κ2) is 5.51. The molecule has 0 aromatic carbocycles. The van der Waals surface area contributed by atoms with Crippen LogP contribution in [0.15, 0.2) is 6.20 Å². The Kier molecular flexibility index (Phi) is 4.54. The smallest absolute Gasteiger partial charge is 0.237 e. The average molecular weight is 259 g/mol. The van der Waals surface area contributed by atoms with Crippen LogP contribution in [0, 0.1) is 6.92 Å². The normalized spacial score (nSPS) is 14.6. The second-order valence-corrected chi connectivity index (χ2v) is 4.76. The van der Waals surface area contributed by atoms with E-state index < -0.39 is 5.54 Å². The largest absolute Gasteiger partial charge is 0.368 e. The van der Waals surface area contributed by atoms with Crippen LogP contribution in [-0.2, 0) is 11.3 Å². The number of likely N-dealkylation sites (N-methyl/N-ethyl adjacent to an activating group) is 1. The van der Waals surface area contributed by atoms with E-state index in [4.69, 9.17) is 17.3 Å². The Labute approximate surface area is 106 Å². The number of carbonyl (C=O) groups excluding carboxylic acids is 1. The topological polar surface area (TPSA) is 72.9 Å². The molecule has 1 aromatic heterocycles. The first-order valence-electron chi connectivity index (χ1n) is 5.57. The zero-order valence-electron chi connectivity index (χ0n) is 10.5. The molecule has 6 heteroatoms. The van der Waals surface area contributed by atoms with Crippen molar-refractivity contribution >= 4 is 17.5 Å². The number of aryl methyl sites for hydroxylation is 1. The van der Waals surface area contributed by atoms with Crippen molar-refractivity contribution in [1.29, 1.82) is 0 Å². The molecule has 1 aromatic rings. The third kappa shape index (κ3) is 3.20. The van der Waals surface area contributed by atoms with Gasteiger partial charge in [-0.25, -0.2) is 0 Å². The number of halogens is 1. The molecular formula is C11H19ClN4O. The van der Waals surface area contributed by atoms with Crippen LogP contribution in [-0.4, -0.2) is 28.3 Å². The number of rotatable bonds is 6. The van der Waals surface area contributed by atoms with Gasteiger partial charge in [-0.3, -0.25) is 9.48 Å². The van der Waals surface area contributed by atoms with E-state index in [9.17, 15) is 4.79 Å². The molecule has 0 aliphatic heterocycles. The fourth-order valence-corrected chi connectivity index (χ4v) is 1.74. The Balaban J connectivity index is 2.53. The fraction of sp³-hybridized carbons (Fsp3) is 0.636. The van der Waals surface area contributed by atoms with Crippen LogP contribution >= 0.6 is 11.6 Å². The zero-order valence-corrected chi connectivity index (χ0v) is 11.2. The molecule has 17 heavy (non-hydrogen) atoms. The Morgan fingerprint density at radius 3 is 2.76 bits per heavy atom. The van der Waals surface area contributed by atoms with Crippen molar-refractivity contribution in [2.75, 3.05) is 7.05 Å². The molecule has 0 aliphatic rings. The molecule has 1 unspecified atom stereocenters. The van der Waals surface area contributed by atoms with Crippen molar-refractivity contribution in [2.24, 2.45) is 5.73 Å². The van der Waals surface area contributed by atoms with Crippen molar-refractivity contribution in [3.05, 3.63) is 16.9 Å². The summed E-state index contributed by atoms with van der Waals surface area (Å²) in [7, 11) is 1.74. The van der Waals surface area contributed by atoms with Gasteiger partial charge in [-0.15, -0.1) is 0 Å². The predicted molar refractivity (Wildman–Crippen MR) is 67.9 cm³/mol. The van der Waals surface area contributed by atoms with Gasteiger partial charge in [-0.2, -0.15) is 5.10 Å². The van der Waals surface area contributed by atoms with E-state index in [-0.39, 0.29) is 5.91 Å². The number of hydrogen-bond donors (Lipinski definition) is 2. The Bertz CT molecular complexity index is 404. The molecule has 1 heterocycles. The van der Waals surface area contributed by atoms with Gasteiger partial charge in [0.2, 0.25) is 5.91 Å². The molecule has 3 N–H and O–H groups in total. The van der Waals surface area contributed by atoms with Crippen molar-refractivity contribution in [2.45, 2.75) is 38.8 Å². The molecule has 96 valence electrons. The fourth-order valence-electron chi connectivity index (χ4n) is 1.60. The summed E-state index contributed by atoms with van der Waals surface area (Å²) in [6, 6.07) is 0. The first-order chi connectivity index (χ1) is 7.90. The van der Waals surface area contributed by atoms with E-state index in [0.29, 0.717) is 11.4 Å². The monoisotopic (exact) mass is 258 g/mol. The van der Waals surface area contributed by atoms with Crippen LogP contribution in [0.2, 0.25) is 5.02 Å².